The van der Waals surface area contributed by atoms with E-state index < -0.39 is 0 Å². The van der Waals surface area contributed by atoms with Crippen molar-refractivity contribution in [2.45, 2.75) is 6.10 Å². The lowest BCUT2D eigenvalue weighted by molar-refractivity contribution is -0.0229. The van der Waals surface area contributed by atoms with Crippen molar-refractivity contribution < 1.29 is 19.0 Å². The van der Waals surface area contributed by atoms with Crippen LogP contribution in [0.2, 0.25) is 0 Å². The molecular formula is C18H16BrNO4. The molecule has 1 fully saturated rings. The highest BCUT2D eigenvalue weighted by atomic mass is 79.9. The minimum atomic E-state index is -0.121. The van der Waals surface area contributed by atoms with Gasteiger partial charge in [0, 0.05) is 11.0 Å². The average Bonchev–Trinajstić information content (AvgIpc) is 3.10. The Kier molecular flexibility index (Phi) is 4.16. The molecule has 0 N–H and O–H groups in total. The number of amides is 1. The van der Waals surface area contributed by atoms with Gasteiger partial charge in [0.2, 0.25) is 6.79 Å². The molecule has 0 aromatic heterocycles. The Bertz CT molecular complexity index is 762. The van der Waals surface area contributed by atoms with Gasteiger partial charge in [0.05, 0.1) is 18.7 Å². The fourth-order valence-electron chi connectivity index (χ4n) is 2.98. The molecule has 1 saturated heterocycles. The molecule has 2 heterocycles. The number of para-hydroxylation sites is 1. The number of rotatable bonds is 2. The number of ether oxygens (including phenoxy) is 3. The summed E-state index contributed by atoms with van der Waals surface area (Å²) >= 11 is 3.43. The lowest BCUT2D eigenvalue weighted by Gasteiger charge is -2.33. The van der Waals surface area contributed by atoms with E-state index in [4.69, 9.17) is 14.2 Å². The van der Waals surface area contributed by atoms with Crippen LogP contribution in [0.5, 0.6) is 11.5 Å². The van der Waals surface area contributed by atoms with Gasteiger partial charge in [0.25, 0.3) is 5.91 Å². The van der Waals surface area contributed by atoms with E-state index in [0.29, 0.717) is 36.8 Å². The van der Waals surface area contributed by atoms with Gasteiger partial charge >= 0.3 is 0 Å². The SMILES string of the molecule is O=C(c1cccc2c1OCO2)N1CCO[C@@H](c2ccc(Br)cc2)C1. The molecule has 6 heteroatoms. The third-order valence-corrected chi connectivity index (χ3v) is 4.75. The number of benzene rings is 2. The summed E-state index contributed by atoms with van der Waals surface area (Å²) in [5.41, 5.74) is 1.61. The predicted octanol–water partition coefficient (Wildman–Crippen LogP) is 3.39. The Balaban J connectivity index is 1.55. The molecule has 2 aliphatic rings. The third kappa shape index (κ3) is 2.87. The lowest BCUT2D eigenvalue weighted by atomic mass is 10.1. The molecule has 0 bridgehead atoms. The zero-order chi connectivity index (χ0) is 16.5. The van der Waals surface area contributed by atoms with Gasteiger partial charge in [-0.1, -0.05) is 34.1 Å². The number of hydrogen-bond donors (Lipinski definition) is 0. The van der Waals surface area contributed by atoms with Gasteiger partial charge in [-0.15, -0.1) is 0 Å². The van der Waals surface area contributed by atoms with E-state index in [0.717, 1.165) is 10.0 Å². The number of morpholine rings is 1. The second-order valence-corrected chi connectivity index (χ2v) is 6.62. The topological polar surface area (TPSA) is 48.0 Å². The second-order valence-electron chi connectivity index (χ2n) is 5.70. The van der Waals surface area contributed by atoms with Gasteiger partial charge < -0.3 is 19.1 Å². The minimum Gasteiger partial charge on any atom is -0.454 e. The first kappa shape index (κ1) is 15.5. The van der Waals surface area contributed by atoms with Crippen LogP contribution in [0.25, 0.3) is 0 Å². The van der Waals surface area contributed by atoms with E-state index in [1.54, 1.807) is 6.07 Å². The Hall–Kier alpha value is -2.05. The summed E-state index contributed by atoms with van der Waals surface area (Å²) < 4.78 is 17.7. The van der Waals surface area contributed by atoms with E-state index in [2.05, 4.69) is 15.9 Å². The highest BCUT2D eigenvalue weighted by Gasteiger charge is 2.30. The molecule has 1 atom stereocenters. The zero-order valence-electron chi connectivity index (χ0n) is 12.9. The largest absolute Gasteiger partial charge is 0.454 e. The maximum atomic E-state index is 12.9. The van der Waals surface area contributed by atoms with Gasteiger partial charge in [0.1, 0.15) is 6.10 Å². The van der Waals surface area contributed by atoms with E-state index in [-0.39, 0.29) is 18.8 Å². The van der Waals surface area contributed by atoms with Crippen LogP contribution in [0.4, 0.5) is 0 Å². The Morgan fingerprint density at radius 3 is 2.79 bits per heavy atom. The van der Waals surface area contributed by atoms with Gasteiger partial charge in [0.15, 0.2) is 11.5 Å². The van der Waals surface area contributed by atoms with Crippen molar-refractivity contribution in [2.24, 2.45) is 0 Å². The molecule has 0 unspecified atom stereocenters. The van der Waals surface area contributed by atoms with Crippen LogP contribution in [0.15, 0.2) is 46.9 Å². The summed E-state index contributed by atoms with van der Waals surface area (Å²) in [6.07, 6.45) is -0.121. The highest BCUT2D eigenvalue weighted by molar-refractivity contribution is 9.10. The number of hydrogen-bond acceptors (Lipinski definition) is 4. The molecule has 4 rings (SSSR count). The molecule has 124 valence electrons. The van der Waals surface area contributed by atoms with Crippen molar-refractivity contribution in [3.63, 3.8) is 0 Å². The van der Waals surface area contributed by atoms with Gasteiger partial charge in [-0.3, -0.25) is 4.79 Å². The fraction of sp³-hybridized carbons (Fsp3) is 0.278. The molecule has 0 aliphatic carbocycles. The number of carbonyl (C=O) groups is 1. The van der Waals surface area contributed by atoms with Gasteiger partial charge in [-0.25, -0.2) is 0 Å². The quantitative estimate of drug-likeness (QED) is 0.789. The van der Waals surface area contributed by atoms with Crippen LogP contribution >= 0.6 is 15.9 Å². The fourth-order valence-corrected chi connectivity index (χ4v) is 3.25. The van der Waals surface area contributed by atoms with Crippen molar-refractivity contribution in [3.05, 3.63) is 58.1 Å². The van der Waals surface area contributed by atoms with E-state index in [1.165, 1.54) is 0 Å². The van der Waals surface area contributed by atoms with Crippen molar-refractivity contribution in [1.29, 1.82) is 0 Å². The van der Waals surface area contributed by atoms with E-state index in [1.807, 2.05) is 41.3 Å². The Morgan fingerprint density at radius 2 is 1.96 bits per heavy atom. The summed E-state index contributed by atoms with van der Waals surface area (Å²) in [6, 6.07) is 13.4. The van der Waals surface area contributed by atoms with Gasteiger partial charge in [-0.05, 0) is 29.8 Å². The molecular weight excluding hydrogens is 374 g/mol. The summed E-state index contributed by atoms with van der Waals surface area (Å²) in [5.74, 6) is 1.11. The number of carbonyl (C=O) groups excluding carboxylic acids is 1. The lowest BCUT2D eigenvalue weighted by Crippen LogP contribution is -2.42. The molecule has 2 aromatic carbocycles. The molecule has 24 heavy (non-hydrogen) atoms. The smallest absolute Gasteiger partial charge is 0.257 e. The second kappa shape index (κ2) is 6.45. The predicted molar refractivity (Wildman–Crippen MR) is 91.3 cm³/mol. The van der Waals surface area contributed by atoms with Crippen molar-refractivity contribution >= 4 is 21.8 Å². The summed E-state index contributed by atoms with van der Waals surface area (Å²) in [7, 11) is 0. The third-order valence-electron chi connectivity index (χ3n) is 4.22. The van der Waals surface area contributed by atoms with Crippen molar-refractivity contribution in [3.8, 4) is 11.5 Å². The van der Waals surface area contributed by atoms with Crippen LogP contribution in [-0.4, -0.2) is 37.3 Å². The first-order valence-corrected chi connectivity index (χ1v) is 8.56. The van der Waals surface area contributed by atoms with Gasteiger partial charge in [-0.2, -0.15) is 0 Å². The minimum absolute atomic E-state index is 0.0530. The van der Waals surface area contributed by atoms with Crippen molar-refractivity contribution in [2.75, 3.05) is 26.5 Å². The summed E-state index contributed by atoms with van der Waals surface area (Å²) in [5, 5.41) is 0. The average molecular weight is 390 g/mol. The first-order valence-electron chi connectivity index (χ1n) is 7.77. The Labute approximate surface area is 148 Å². The van der Waals surface area contributed by atoms with Crippen LogP contribution in [0, 0.1) is 0 Å². The maximum absolute atomic E-state index is 12.9. The van der Waals surface area contributed by atoms with E-state index in [9.17, 15) is 4.79 Å². The molecule has 5 nitrogen and oxygen atoms in total. The van der Waals surface area contributed by atoms with Crippen LogP contribution < -0.4 is 9.47 Å². The standard InChI is InChI=1S/C18H16BrNO4/c19-13-6-4-12(5-7-13)16-10-20(8-9-22-16)18(21)14-2-1-3-15-17(14)24-11-23-15/h1-7,16H,8-11H2/t16-/m1/s1. The Morgan fingerprint density at radius 1 is 1.12 bits per heavy atom. The normalized spacial score (nSPS) is 19.4. The number of fused-ring (bicyclic) bond motifs is 1. The monoisotopic (exact) mass is 389 g/mol. The molecule has 1 amide bonds. The van der Waals surface area contributed by atoms with E-state index >= 15 is 0 Å². The van der Waals surface area contributed by atoms with Crippen molar-refractivity contribution in [1.82, 2.24) is 4.90 Å². The molecule has 0 spiro atoms. The van der Waals surface area contributed by atoms with Crippen LogP contribution in [0.3, 0.4) is 0 Å². The summed E-state index contributed by atoms with van der Waals surface area (Å²) in [4.78, 5) is 14.7. The molecule has 2 aliphatic heterocycles. The first-order chi connectivity index (χ1) is 11.7. The highest BCUT2D eigenvalue weighted by Crippen LogP contribution is 2.36. The van der Waals surface area contributed by atoms with Crippen LogP contribution in [-0.2, 0) is 4.74 Å². The summed E-state index contributed by atoms with van der Waals surface area (Å²) in [6.45, 7) is 1.75. The van der Waals surface area contributed by atoms with Crippen LogP contribution in [0.1, 0.15) is 22.0 Å². The maximum Gasteiger partial charge on any atom is 0.257 e. The molecule has 0 saturated carbocycles. The zero-order valence-corrected chi connectivity index (χ0v) is 14.5. The molecule has 0 radical (unpaired) electrons. The number of halogens is 1. The number of nitrogens with zero attached hydrogens (tertiary/aromatic N) is 1. The molecule has 2 aromatic rings.